The van der Waals surface area contributed by atoms with E-state index < -0.39 is 21.8 Å². The maximum atomic E-state index is 13.6. The highest BCUT2D eigenvalue weighted by molar-refractivity contribution is 7.89. The van der Waals surface area contributed by atoms with Gasteiger partial charge >= 0.3 is 11.8 Å². The first kappa shape index (κ1) is 31.5. The number of hydrazone groups is 1. The Morgan fingerprint density at radius 3 is 2.31 bits per heavy atom. The van der Waals surface area contributed by atoms with E-state index in [1.807, 2.05) is 61.5 Å². The first-order valence-electron chi connectivity index (χ1n) is 14.4. The second-order valence-electron chi connectivity index (χ2n) is 10.5. The maximum Gasteiger partial charge on any atom is 0.329 e. The molecule has 11 nitrogen and oxygen atoms in total. The summed E-state index contributed by atoms with van der Waals surface area (Å²) in [5.74, 6) is -0.108. The van der Waals surface area contributed by atoms with Crippen molar-refractivity contribution in [3.8, 4) is 5.75 Å². The SMILES string of the molecule is COc1ccccc1N1CCN(C(=O)C(=O)N/N=C/c2ccc(CN(Cc3ccccc3)S(=O)(=O)c3ccc(C)cc3)o2)CC1. The van der Waals surface area contributed by atoms with E-state index in [1.54, 1.807) is 43.5 Å². The quantitative estimate of drug-likeness (QED) is 0.161. The predicted molar refractivity (Wildman–Crippen MR) is 170 cm³/mol. The van der Waals surface area contributed by atoms with Gasteiger partial charge in [-0.2, -0.15) is 9.41 Å². The van der Waals surface area contributed by atoms with E-state index in [0.29, 0.717) is 31.9 Å². The van der Waals surface area contributed by atoms with Crippen molar-refractivity contribution in [2.24, 2.45) is 5.10 Å². The number of carbonyl (C=O) groups is 2. The fourth-order valence-corrected chi connectivity index (χ4v) is 6.38. The van der Waals surface area contributed by atoms with Crippen LogP contribution in [0.25, 0.3) is 0 Å². The van der Waals surface area contributed by atoms with Crippen molar-refractivity contribution in [1.82, 2.24) is 14.6 Å². The van der Waals surface area contributed by atoms with Crippen LogP contribution in [0.15, 0.2) is 105 Å². The molecule has 1 fully saturated rings. The maximum absolute atomic E-state index is 13.6. The molecule has 0 aliphatic carbocycles. The summed E-state index contributed by atoms with van der Waals surface area (Å²) in [6, 6.07) is 26.9. The highest BCUT2D eigenvalue weighted by Gasteiger charge is 2.28. The molecule has 2 amide bonds. The number of nitrogens with zero attached hydrogens (tertiary/aromatic N) is 4. The molecule has 0 bridgehead atoms. The Morgan fingerprint density at radius 2 is 1.60 bits per heavy atom. The number of aryl methyl sites for hydroxylation is 1. The van der Waals surface area contributed by atoms with Crippen molar-refractivity contribution in [3.63, 3.8) is 0 Å². The zero-order chi connectivity index (χ0) is 31.8. The van der Waals surface area contributed by atoms with Crippen LogP contribution in [-0.4, -0.2) is 68.9 Å². The van der Waals surface area contributed by atoms with Gasteiger partial charge in [-0.3, -0.25) is 9.59 Å². The minimum absolute atomic E-state index is 0.0232. The van der Waals surface area contributed by atoms with Gasteiger partial charge in [0.1, 0.15) is 17.3 Å². The fourth-order valence-electron chi connectivity index (χ4n) is 4.98. The molecule has 45 heavy (non-hydrogen) atoms. The smallest absolute Gasteiger partial charge is 0.329 e. The molecule has 4 aromatic rings. The van der Waals surface area contributed by atoms with Crippen LogP contribution in [0.5, 0.6) is 5.75 Å². The number of hydrogen-bond donors (Lipinski definition) is 1. The molecule has 1 N–H and O–H groups in total. The highest BCUT2D eigenvalue weighted by Crippen LogP contribution is 2.28. The molecule has 1 aromatic heterocycles. The van der Waals surface area contributed by atoms with Gasteiger partial charge in [-0.15, -0.1) is 0 Å². The molecule has 0 saturated carbocycles. The molecule has 2 heterocycles. The first-order chi connectivity index (χ1) is 21.7. The van der Waals surface area contributed by atoms with Gasteiger partial charge < -0.3 is 19.0 Å². The van der Waals surface area contributed by atoms with Crippen LogP contribution in [0.3, 0.4) is 0 Å². The van der Waals surface area contributed by atoms with E-state index in [9.17, 15) is 18.0 Å². The summed E-state index contributed by atoms with van der Waals surface area (Å²) in [5, 5.41) is 3.88. The van der Waals surface area contributed by atoms with Crippen molar-refractivity contribution in [2.75, 3.05) is 38.2 Å². The number of carbonyl (C=O) groups excluding carboxylic acids is 2. The van der Waals surface area contributed by atoms with Gasteiger partial charge in [-0.1, -0.05) is 60.2 Å². The topological polar surface area (TPSA) is 125 Å². The van der Waals surface area contributed by atoms with Crippen LogP contribution in [0.2, 0.25) is 0 Å². The molecule has 5 rings (SSSR count). The lowest BCUT2D eigenvalue weighted by Gasteiger charge is -2.36. The third-order valence-corrected chi connectivity index (χ3v) is 9.23. The molecule has 0 radical (unpaired) electrons. The molecule has 0 atom stereocenters. The number of hydrogen-bond acceptors (Lipinski definition) is 8. The van der Waals surface area contributed by atoms with E-state index in [1.165, 1.54) is 15.4 Å². The van der Waals surface area contributed by atoms with Crippen LogP contribution in [0, 0.1) is 6.92 Å². The number of para-hydroxylation sites is 2. The number of piperazine rings is 1. The van der Waals surface area contributed by atoms with Gasteiger partial charge in [0.15, 0.2) is 0 Å². The molecule has 0 unspecified atom stereocenters. The third kappa shape index (κ3) is 7.78. The fraction of sp³-hybridized carbons (Fsp3) is 0.242. The summed E-state index contributed by atoms with van der Waals surface area (Å²) in [7, 11) is -2.23. The molecule has 0 spiro atoms. The largest absolute Gasteiger partial charge is 0.495 e. The Hall–Kier alpha value is -4.94. The van der Waals surface area contributed by atoms with E-state index >= 15 is 0 Å². The van der Waals surface area contributed by atoms with E-state index in [4.69, 9.17) is 9.15 Å². The monoisotopic (exact) mass is 629 g/mol. The normalized spacial score (nSPS) is 13.8. The van der Waals surface area contributed by atoms with Crippen LogP contribution < -0.4 is 15.1 Å². The third-order valence-electron chi connectivity index (χ3n) is 7.42. The van der Waals surface area contributed by atoms with Gasteiger partial charge in [0.2, 0.25) is 10.0 Å². The Kier molecular flexibility index (Phi) is 9.95. The number of methoxy groups -OCH3 is 1. The molecular weight excluding hydrogens is 594 g/mol. The van der Waals surface area contributed by atoms with Crippen molar-refractivity contribution in [2.45, 2.75) is 24.9 Å². The van der Waals surface area contributed by atoms with Crippen LogP contribution in [-0.2, 0) is 32.7 Å². The molecular formula is C33H35N5O6S. The summed E-state index contributed by atoms with van der Waals surface area (Å²) in [5.41, 5.74) is 4.99. The lowest BCUT2D eigenvalue weighted by atomic mass is 10.2. The van der Waals surface area contributed by atoms with Crippen molar-refractivity contribution >= 4 is 33.7 Å². The summed E-state index contributed by atoms with van der Waals surface area (Å²) in [6.45, 7) is 3.88. The van der Waals surface area contributed by atoms with Gasteiger partial charge in [-0.05, 0) is 48.9 Å². The van der Waals surface area contributed by atoms with E-state index in [-0.39, 0.29) is 23.7 Å². The number of ether oxygens (including phenoxy) is 1. The number of amides is 2. The molecule has 234 valence electrons. The number of anilines is 1. The average Bonchev–Trinajstić information content (AvgIpc) is 3.51. The van der Waals surface area contributed by atoms with Gasteiger partial charge in [-0.25, -0.2) is 13.8 Å². The van der Waals surface area contributed by atoms with E-state index in [2.05, 4.69) is 15.4 Å². The molecule has 3 aromatic carbocycles. The predicted octanol–water partition coefficient (Wildman–Crippen LogP) is 3.79. The van der Waals surface area contributed by atoms with Gasteiger partial charge in [0.25, 0.3) is 0 Å². The standard InChI is InChI=1S/C33H35N5O6S/c1-25-12-16-29(17-13-25)45(41,42)38(23-26-8-4-3-5-9-26)24-28-15-14-27(44-28)22-34-35-32(39)33(40)37-20-18-36(19-21-37)30-10-6-7-11-31(30)43-2/h3-17,22H,18-21,23-24H2,1-2H3,(H,35,39)/b34-22+. The Balaban J connectivity index is 1.18. The lowest BCUT2D eigenvalue weighted by Crippen LogP contribution is -2.52. The minimum Gasteiger partial charge on any atom is -0.495 e. The molecule has 1 aliphatic rings. The summed E-state index contributed by atoms with van der Waals surface area (Å²) in [6.07, 6.45) is 1.27. The number of nitrogens with one attached hydrogen (secondary N) is 1. The first-order valence-corrected chi connectivity index (χ1v) is 15.9. The highest BCUT2D eigenvalue weighted by atomic mass is 32.2. The zero-order valence-electron chi connectivity index (χ0n) is 25.1. The minimum atomic E-state index is -3.85. The number of furan rings is 1. The molecule has 12 heteroatoms. The Bertz CT molecular complexity index is 1750. The van der Waals surface area contributed by atoms with Crippen LogP contribution >= 0.6 is 0 Å². The Labute approximate surface area is 262 Å². The molecule has 1 saturated heterocycles. The lowest BCUT2D eigenvalue weighted by molar-refractivity contribution is -0.146. The van der Waals surface area contributed by atoms with Gasteiger partial charge in [0, 0.05) is 32.7 Å². The van der Waals surface area contributed by atoms with E-state index in [0.717, 1.165) is 22.6 Å². The Morgan fingerprint density at radius 1 is 0.911 bits per heavy atom. The van der Waals surface area contributed by atoms with Crippen molar-refractivity contribution in [1.29, 1.82) is 0 Å². The second kappa shape index (κ2) is 14.2. The van der Waals surface area contributed by atoms with Crippen molar-refractivity contribution < 1.29 is 27.2 Å². The summed E-state index contributed by atoms with van der Waals surface area (Å²) < 4.78 is 39.8. The summed E-state index contributed by atoms with van der Waals surface area (Å²) in [4.78, 5) is 29.0. The number of sulfonamides is 1. The molecule has 1 aliphatic heterocycles. The average molecular weight is 630 g/mol. The number of rotatable bonds is 10. The second-order valence-corrected chi connectivity index (χ2v) is 12.5. The van der Waals surface area contributed by atoms with Crippen LogP contribution in [0.4, 0.5) is 5.69 Å². The zero-order valence-corrected chi connectivity index (χ0v) is 25.9. The summed E-state index contributed by atoms with van der Waals surface area (Å²) >= 11 is 0. The van der Waals surface area contributed by atoms with Crippen LogP contribution in [0.1, 0.15) is 22.6 Å². The van der Waals surface area contributed by atoms with Gasteiger partial charge in [0.05, 0.1) is 30.5 Å². The van der Waals surface area contributed by atoms with Crippen molar-refractivity contribution in [3.05, 3.63) is 114 Å². The number of benzene rings is 3.